The van der Waals surface area contributed by atoms with Crippen LogP contribution in [0.4, 0.5) is 5.69 Å². The normalized spacial score (nSPS) is 12.5. The number of hydrogen-bond acceptors (Lipinski definition) is 3. The molecule has 0 fully saturated rings. The minimum Gasteiger partial charge on any atom is -0.350 e. The third kappa shape index (κ3) is 4.96. The average molecular weight is 381 g/mol. The van der Waals surface area contributed by atoms with Gasteiger partial charge in [-0.05, 0) is 37.6 Å². The summed E-state index contributed by atoms with van der Waals surface area (Å²) in [6.07, 6.45) is 1.09. The SMILES string of the molecule is Cc1ccc(N([C@H](C)C(=O)NCc2ccccc2Cl)S(C)(=O)=O)cc1. The van der Waals surface area contributed by atoms with E-state index >= 15 is 0 Å². The molecule has 2 aromatic rings. The van der Waals surface area contributed by atoms with Gasteiger partial charge in [-0.15, -0.1) is 0 Å². The van der Waals surface area contributed by atoms with Gasteiger partial charge in [-0.25, -0.2) is 8.42 Å². The summed E-state index contributed by atoms with van der Waals surface area (Å²) in [4.78, 5) is 12.5. The highest BCUT2D eigenvalue weighted by Crippen LogP contribution is 2.21. The minimum atomic E-state index is -3.62. The fourth-order valence-corrected chi connectivity index (χ4v) is 3.85. The first kappa shape index (κ1) is 19.3. The molecule has 0 bridgehead atoms. The summed E-state index contributed by atoms with van der Waals surface area (Å²) in [5, 5.41) is 3.29. The lowest BCUT2D eigenvalue weighted by atomic mass is 10.2. The predicted molar refractivity (Wildman–Crippen MR) is 101 cm³/mol. The molecule has 0 aliphatic heterocycles. The van der Waals surface area contributed by atoms with Crippen LogP contribution in [0.2, 0.25) is 5.02 Å². The van der Waals surface area contributed by atoms with Crippen LogP contribution in [-0.4, -0.2) is 26.6 Å². The largest absolute Gasteiger partial charge is 0.350 e. The van der Waals surface area contributed by atoms with Crippen LogP contribution >= 0.6 is 11.6 Å². The zero-order valence-electron chi connectivity index (χ0n) is 14.4. The summed E-state index contributed by atoms with van der Waals surface area (Å²) in [6, 6.07) is 13.3. The molecule has 0 aromatic heterocycles. The number of carbonyl (C=O) groups excluding carboxylic acids is 1. The number of nitrogens with one attached hydrogen (secondary N) is 1. The van der Waals surface area contributed by atoms with Crippen LogP contribution in [0.15, 0.2) is 48.5 Å². The Bertz CT molecular complexity index is 851. The van der Waals surface area contributed by atoms with Crippen molar-refractivity contribution in [2.45, 2.75) is 26.4 Å². The van der Waals surface area contributed by atoms with E-state index in [4.69, 9.17) is 11.6 Å². The van der Waals surface area contributed by atoms with Gasteiger partial charge in [-0.1, -0.05) is 47.5 Å². The Morgan fingerprint density at radius 3 is 2.32 bits per heavy atom. The van der Waals surface area contributed by atoms with E-state index in [1.165, 1.54) is 0 Å². The maximum Gasteiger partial charge on any atom is 0.243 e. The van der Waals surface area contributed by atoms with E-state index in [1.807, 2.05) is 31.2 Å². The Labute approximate surface area is 153 Å². The number of sulfonamides is 1. The van der Waals surface area contributed by atoms with Gasteiger partial charge in [0.15, 0.2) is 0 Å². The fraction of sp³-hybridized carbons (Fsp3) is 0.278. The van der Waals surface area contributed by atoms with E-state index in [-0.39, 0.29) is 6.54 Å². The molecule has 0 unspecified atom stereocenters. The first-order valence-corrected chi connectivity index (χ1v) is 10.00. The number of nitrogens with zero attached hydrogens (tertiary/aromatic N) is 1. The number of benzene rings is 2. The molecule has 2 aromatic carbocycles. The molecule has 5 nitrogen and oxygen atoms in total. The van der Waals surface area contributed by atoms with Gasteiger partial charge in [0.25, 0.3) is 0 Å². The molecule has 1 N–H and O–H groups in total. The van der Waals surface area contributed by atoms with E-state index in [1.54, 1.807) is 31.2 Å². The van der Waals surface area contributed by atoms with E-state index in [0.717, 1.165) is 21.7 Å². The Hall–Kier alpha value is -2.05. The molecule has 0 radical (unpaired) electrons. The van der Waals surface area contributed by atoms with Gasteiger partial charge >= 0.3 is 0 Å². The molecular weight excluding hydrogens is 360 g/mol. The van der Waals surface area contributed by atoms with Gasteiger partial charge in [-0.3, -0.25) is 9.10 Å². The van der Waals surface area contributed by atoms with Crippen LogP contribution in [0.3, 0.4) is 0 Å². The van der Waals surface area contributed by atoms with Crippen molar-refractivity contribution in [3.05, 3.63) is 64.7 Å². The summed E-state index contributed by atoms with van der Waals surface area (Å²) in [7, 11) is -3.62. The van der Waals surface area contributed by atoms with Crippen molar-refractivity contribution < 1.29 is 13.2 Å². The second-order valence-electron chi connectivity index (χ2n) is 5.88. The monoisotopic (exact) mass is 380 g/mol. The molecule has 1 amide bonds. The van der Waals surface area contributed by atoms with Crippen LogP contribution in [0, 0.1) is 6.92 Å². The van der Waals surface area contributed by atoms with Crippen molar-refractivity contribution >= 4 is 33.2 Å². The summed E-state index contributed by atoms with van der Waals surface area (Å²) in [5.74, 6) is -0.397. The number of rotatable bonds is 6. The van der Waals surface area contributed by atoms with Gasteiger partial charge < -0.3 is 5.32 Å². The molecule has 0 aliphatic carbocycles. The van der Waals surface area contributed by atoms with Gasteiger partial charge in [0.05, 0.1) is 11.9 Å². The van der Waals surface area contributed by atoms with Crippen LogP contribution in [-0.2, 0) is 21.4 Å². The van der Waals surface area contributed by atoms with Crippen LogP contribution in [0.25, 0.3) is 0 Å². The number of halogens is 1. The molecule has 0 heterocycles. The topological polar surface area (TPSA) is 66.5 Å². The Morgan fingerprint density at radius 1 is 1.16 bits per heavy atom. The zero-order valence-corrected chi connectivity index (χ0v) is 15.9. The molecule has 0 saturated heterocycles. The summed E-state index contributed by atoms with van der Waals surface area (Å²) >= 11 is 6.08. The summed E-state index contributed by atoms with van der Waals surface area (Å²) in [5.41, 5.74) is 2.23. The number of aryl methyl sites for hydroxylation is 1. The molecule has 25 heavy (non-hydrogen) atoms. The molecule has 0 saturated carbocycles. The number of hydrogen-bond donors (Lipinski definition) is 1. The molecule has 0 aliphatic rings. The van der Waals surface area contributed by atoms with Crippen molar-refractivity contribution in [3.63, 3.8) is 0 Å². The zero-order chi connectivity index (χ0) is 18.6. The van der Waals surface area contributed by atoms with Gasteiger partial charge in [0.2, 0.25) is 15.9 Å². The summed E-state index contributed by atoms with van der Waals surface area (Å²) < 4.78 is 25.6. The van der Waals surface area contributed by atoms with E-state index in [0.29, 0.717) is 10.7 Å². The van der Waals surface area contributed by atoms with Crippen molar-refractivity contribution in [1.29, 1.82) is 0 Å². The quantitative estimate of drug-likeness (QED) is 0.837. The Morgan fingerprint density at radius 2 is 1.76 bits per heavy atom. The first-order chi connectivity index (χ1) is 11.7. The Kier molecular flexibility index (Phi) is 6.08. The predicted octanol–water partition coefficient (Wildman–Crippen LogP) is 3.12. The average Bonchev–Trinajstić information content (AvgIpc) is 2.54. The molecule has 2 rings (SSSR count). The number of amides is 1. The lowest BCUT2D eigenvalue weighted by Crippen LogP contribution is -2.47. The third-order valence-electron chi connectivity index (χ3n) is 3.79. The highest BCUT2D eigenvalue weighted by molar-refractivity contribution is 7.92. The maximum absolute atomic E-state index is 12.5. The lowest BCUT2D eigenvalue weighted by molar-refractivity contribution is -0.122. The van der Waals surface area contributed by atoms with Crippen molar-refractivity contribution in [2.75, 3.05) is 10.6 Å². The van der Waals surface area contributed by atoms with E-state index in [9.17, 15) is 13.2 Å². The highest BCUT2D eigenvalue weighted by atomic mass is 35.5. The third-order valence-corrected chi connectivity index (χ3v) is 5.40. The minimum absolute atomic E-state index is 0.231. The lowest BCUT2D eigenvalue weighted by Gasteiger charge is -2.28. The van der Waals surface area contributed by atoms with Gasteiger partial charge in [0, 0.05) is 11.6 Å². The number of carbonyl (C=O) groups is 1. The maximum atomic E-state index is 12.5. The molecule has 1 atom stereocenters. The van der Waals surface area contributed by atoms with Crippen LogP contribution < -0.4 is 9.62 Å². The Balaban J connectivity index is 2.18. The van der Waals surface area contributed by atoms with E-state index in [2.05, 4.69) is 5.32 Å². The van der Waals surface area contributed by atoms with Gasteiger partial charge in [0.1, 0.15) is 6.04 Å². The summed E-state index contributed by atoms with van der Waals surface area (Å²) in [6.45, 7) is 3.70. The smallest absolute Gasteiger partial charge is 0.243 e. The standard InChI is InChI=1S/C18H21ClN2O3S/c1-13-8-10-16(11-9-13)21(25(3,23)24)14(2)18(22)20-12-15-6-4-5-7-17(15)19/h4-11,14H,12H2,1-3H3,(H,20,22)/t14-/m1/s1. The fourth-order valence-electron chi connectivity index (χ4n) is 2.47. The second kappa shape index (κ2) is 7.89. The highest BCUT2D eigenvalue weighted by Gasteiger charge is 2.28. The van der Waals surface area contributed by atoms with Gasteiger partial charge in [-0.2, -0.15) is 0 Å². The first-order valence-electron chi connectivity index (χ1n) is 7.77. The second-order valence-corrected chi connectivity index (χ2v) is 8.15. The molecule has 7 heteroatoms. The molecule has 0 spiro atoms. The molecule has 134 valence electrons. The van der Waals surface area contributed by atoms with Crippen molar-refractivity contribution in [2.24, 2.45) is 0 Å². The van der Waals surface area contributed by atoms with Crippen molar-refractivity contribution in [1.82, 2.24) is 5.32 Å². The molecular formula is C18H21ClN2O3S. The van der Waals surface area contributed by atoms with Crippen LogP contribution in [0.5, 0.6) is 0 Å². The van der Waals surface area contributed by atoms with Crippen molar-refractivity contribution in [3.8, 4) is 0 Å². The van der Waals surface area contributed by atoms with E-state index < -0.39 is 22.0 Å². The van der Waals surface area contributed by atoms with Crippen LogP contribution in [0.1, 0.15) is 18.1 Å². The number of anilines is 1.